The Labute approximate surface area is 147 Å². The molecule has 1 heterocycles. The van der Waals surface area contributed by atoms with Gasteiger partial charge in [-0.2, -0.15) is 5.10 Å². The first-order chi connectivity index (χ1) is 12.0. The molecule has 0 radical (unpaired) electrons. The van der Waals surface area contributed by atoms with E-state index in [2.05, 4.69) is 12.1 Å². The third-order valence-corrected chi connectivity index (χ3v) is 4.16. The Bertz CT molecular complexity index is 869. The molecule has 0 aliphatic rings. The number of carbonyl (C=O) groups is 1. The Kier molecular flexibility index (Phi) is 4.86. The molecule has 0 aliphatic carbocycles. The van der Waals surface area contributed by atoms with Crippen LogP contribution in [0.4, 0.5) is 0 Å². The van der Waals surface area contributed by atoms with Gasteiger partial charge < -0.3 is 9.47 Å². The fraction of sp³-hybridized carbons (Fsp3) is 0.300. The fourth-order valence-corrected chi connectivity index (χ4v) is 2.73. The lowest BCUT2D eigenvalue weighted by Gasteiger charge is -2.21. The summed E-state index contributed by atoms with van der Waals surface area (Å²) in [5, 5.41) is 5.74. The van der Waals surface area contributed by atoms with Crippen molar-refractivity contribution >= 4 is 16.9 Å². The van der Waals surface area contributed by atoms with Gasteiger partial charge in [-0.1, -0.05) is 48.5 Å². The van der Waals surface area contributed by atoms with Crippen molar-refractivity contribution in [2.75, 3.05) is 7.11 Å². The molecule has 2 aromatic carbocycles. The van der Waals surface area contributed by atoms with E-state index in [4.69, 9.17) is 14.6 Å². The van der Waals surface area contributed by atoms with E-state index >= 15 is 0 Å². The van der Waals surface area contributed by atoms with E-state index in [9.17, 15) is 4.79 Å². The van der Waals surface area contributed by atoms with E-state index in [1.807, 2.05) is 47.1 Å². The van der Waals surface area contributed by atoms with Gasteiger partial charge in [-0.3, -0.25) is 4.68 Å². The van der Waals surface area contributed by atoms with Gasteiger partial charge in [0.1, 0.15) is 0 Å². The van der Waals surface area contributed by atoms with Crippen molar-refractivity contribution < 1.29 is 14.3 Å². The maximum Gasteiger partial charge on any atom is 0.337 e. The maximum absolute atomic E-state index is 11.8. The minimum Gasteiger partial charge on any atom is -0.467 e. The first-order valence-electron chi connectivity index (χ1n) is 8.22. The predicted octanol–water partition coefficient (Wildman–Crippen LogP) is 3.55. The van der Waals surface area contributed by atoms with Crippen molar-refractivity contribution in [2.45, 2.75) is 32.6 Å². The molecule has 25 heavy (non-hydrogen) atoms. The number of esters is 1. The number of methoxy groups -OCH3 is 1. The molecular formula is C20H22N2O3. The van der Waals surface area contributed by atoms with Crippen LogP contribution in [-0.2, 0) is 27.4 Å². The van der Waals surface area contributed by atoms with Crippen LogP contribution < -0.4 is 0 Å². The number of hydrogen-bond acceptors (Lipinski definition) is 4. The molecule has 0 saturated heterocycles. The first-order valence-corrected chi connectivity index (χ1v) is 8.22. The summed E-state index contributed by atoms with van der Waals surface area (Å²) in [5.41, 5.74) is 2.02. The van der Waals surface area contributed by atoms with Crippen LogP contribution in [0.25, 0.3) is 10.9 Å². The largest absolute Gasteiger partial charge is 0.467 e. The number of ether oxygens (including phenoxy) is 2. The van der Waals surface area contributed by atoms with Gasteiger partial charge in [0, 0.05) is 5.39 Å². The van der Waals surface area contributed by atoms with E-state index < -0.39 is 11.6 Å². The Morgan fingerprint density at radius 3 is 2.48 bits per heavy atom. The second-order valence-electron chi connectivity index (χ2n) is 6.40. The number of rotatable bonds is 6. The standard InChI is InChI=1S/C20H22N2O3/c1-20(2,19(23)24-3)25-14-17-16-11-7-8-12-18(16)22(21-17)13-15-9-5-4-6-10-15/h4-12H,13-14H2,1-3H3. The molecule has 0 unspecified atom stereocenters. The molecule has 1 aromatic heterocycles. The van der Waals surface area contributed by atoms with Gasteiger partial charge in [0.05, 0.1) is 31.5 Å². The zero-order chi connectivity index (χ0) is 17.9. The van der Waals surface area contributed by atoms with Crippen LogP contribution in [0, 0.1) is 0 Å². The summed E-state index contributed by atoms with van der Waals surface area (Å²) in [6.45, 7) is 4.32. The highest BCUT2D eigenvalue weighted by atomic mass is 16.6. The van der Waals surface area contributed by atoms with E-state index in [0.29, 0.717) is 6.54 Å². The quantitative estimate of drug-likeness (QED) is 0.645. The van der Waals surface area contributed by atoms with Gasteiger partial charge in [0.15, 0.2) is 5.60 Å². The summed E-state index contributed by atoms with van der Waals surface area (Å²) < 4.78 is 12.5. The van der Waals surface area contributed by atoms with Crippen LogP contribution in [0.1, 0.15) is 25.1 Å². The third kappa shape index (κ3) is 3.72. The fourth-order valence-electron chi connectivity index (χ4n) is 2.73. The Balaban J connectivity index is 1.88. The van der Waals surface area contributed by atoms with Crippen molar-refractivity contribution in [3.8, 4) is 0 Å². The van der Waals surface area contributed by atoms with Crippen LogP contribution in [0.3, 0.4) is 0 Å². The highest BCUT2D eigenvalue weighted by molar-refractivity contribution is 5.82. The van der Waals surface area contributed by atoms with E-state index in [0.717, 1.165) is 16.6 Å². The number of hydrogen-bond donors (Lipinski definition) is 0. The zero-order valence-electron chi connectivity index (χ0n) is 14.7. The molecule has 3 rings (SSSR count). The van der Waals surface area contributed by atoms with Gasteiger partial charge in [0.25, 0.3) is 0 Å². The number of fused-ring (bicyclic) bond motifs is 1. The summed E-state index contributed by atoms with van der Waals surface area (Å²) in [5.74, 6) is -0.402. The molecule has 130 valence electrons. The van der Waals surface area contributed by atoms with Crippen LogP contribution in [-0.4, -0.2) is 28.5 Å². The molecule has 0 fully saturated rings. The van der Waals surface area contributed by atoms with E-state index in [-0.39, 0.29) is 6.61 Å². The molecule has 0 amide bonds. The molecule has 0 atom stereocenters. The predicted molar refractivity (Wildman–Crippen MR) is 96.2 cm³/mol. The lowest BCUT2D eigenvalue weighted by Crippen LogP contribution is -2.35. The topological polar surface area (TPSA) is 53.4 Å². The summed E-state index contributed by atoms with van der Waals surface area (Å²) in [7, 11) is 1.36. The molecule has 0 aliphatic heterocycles. The molecule has 5 nitrogen and oxygen atoms in total. The number of nitrogens with zero attached hydrogens (tertiary/aromatic N) is 2. The maximum atomic E-state index is 11.8. The second kappa shape index (κ2) is 7.07. The van der Waals surface area contributed by atoms with Crippen LogP contribution in [0.2, 0.25) is 0 Å². The number of aromatic nitrogens is 2. The van der Waals surface area contributed by atoms with Gasteiger partial charge in [-0.05, 0) is 25.5 Å². The summed E-state index contributed by atoms with van der Waals surface area (Å²) >= 11 is 0. The Morgan fingerprint density at radius 2 is 1.76 bits per heavy atom. The van der Waals surface area contributed by atoms with Crippen molar-refractivity contribution in [1.82, 2.24) is 9.78 Å². The second-order valence-corrected chi connectivity index (χ2v) is 6.40. The Hall–Kier alpha value is -2.66. The summed E-state index contributed by atoms with van der Waals surface area (Å²) in [6, 6.07) is 18.2. The molecule has 0 bridgehead atoms. The molecule has 0 spiro atoms. The third-order valence-electron chi connectivity index (χ3n) is 4.16. The average Bonchev–Trinajstić information content (AvgIpc) is 2.98. The van der Waals surface area contributed by atoms with Crippen molar-refractivity contribution in [3.63, 3.8) is 0 Å². The molecule has 3 aromatic rings. The minimum atomic E-state index is -1.01. The monoisotopic (exact) mass is 338 g/mol. The number of benzene rings is 2. The SMILES string of the molecule is COC(=O)C(C)(C)OCc1nn(Cc2ccccc2)c2ccccc12. The summed E-state index contributed by atoms with van der Waals surface area (Å²) in [6.07, 6.45) is 0. The lowest BCUT2D eigenvalue weighted by atomic mass is 10.1. The van der Waals surface area contributed by atoms with Crippen LogP contribution in [0.15, 0.2) is 54.6 Å². The highest BCUT2D eigenvalue weighted by Crippen LogP contribution is 2.22. The van der Waals surface area contributed by atoms with E-state index in [1.165, 1.54) is 12.7 Å². The van der Waals surface area contributed by atoms with Crippen molar-refractivity contribution in [3.05, 3.63) is 65.9 Å². The normalized spacial score (nSPS) is 11.6. The van der Waals surface area contributed by atoms with Crippen molar-refractivity contribution in [1.29, 1.82) is 0 Å². The van der Waals surface area contributed by atoms with Gasteiger partial charge in [0.2, 0.25) is 0 Å². The van der Waals surface area contributed by atoms with Crippen LogP contribution in [0.5, 0.6) is 0 Å². The zero-order valence-corrected chi connectivity index (χ0v) is 14.7. The van der Waals surface area contributed by atoms with Gasteiger partial charge in [-0.25, -0.2) is 4.79 Å². The smallest absolute Gasteiger partial charge is 0.337 e. The Morgan fingerprint density at radius 1 is 1.08 bits per heavy atom. The summed E-state index contributed by atoms with van der Waals surface area (Å²) in [4.78, 5) is 11.8. The minimum absolute atomic E-state index is 0.240. The van der Waals surface area contributed by atoms with Gasteiger partial charge >= 0.3 is 5.97 Å². The van der Waals surface area contributed by atoms with Crippen molar-refractivity contribution in [2.24, 2.45) is 0 Å². The molecule has 0 N–H and O–H groups in total. The average molecular weight is 338 g/mol. The molecule has 5 heteroatoms. The molecular weight excluding hydrogens is 316 g/mol. The first kappa shape index (κ1) is 17.2. The number of para-hydroxylation sites is 1. The lowest BCUT2D eigenvalue weighted by molar-refractivity contribution is -0.166. The van der Waals surface area contributed by atoms with Crippen LogP contribution >= 0.6 is 0 Å². The highest BCUT2D eigenvalue weighted by Gasteiger charge is 2.30. The van der Waals surface area contributed by atoms with Gasteiger partial charge in [-0.15, -0.1) is 0 Å². The van der Waals surface area contributed by atoms with E-state index in [1.54, 1.807) is 13.8 Å². The number of carbonyl (C=O) groups excluding carboxylic acids is 1. The molecule has 0 saturated carbocycles.